The molecule has 0 saturated carbocycles. The summed E-state index contributed by atoms with van der Waals surface area (Å²) in [7, 11) is 3.91. The summed E-state index contributed by atoms with van der Waals surface area (Å²) in [5, 5.41) is 4.42. The second-order valence-electron chi connectivity index (χ2n) is 4.33. The van der Waals surface area contributed by atoms with Gasteiger partial charge < -0.3 is 10.3 Å². The third kappa shape index (κ3) is 1.98. The Hall–Kier alpha value is -1.62. The molecule has 0 aliphatic heterocycles. The maximum absolute atomic E-state index is 6.31. The smallest absolute Gasteiger partial charge is 0.105 e. The number of hydrogen-bond acceptors (Lipinski definition) is 3. The molecule has 0 aliphatic rings. The van der Waals surface area contributed by atoms with Gasteiger partial charge in [-0.1, -0.05) is 6.92 Å². The van der Waals surface area contributed by atoms with Crippen molar-refractivity contribution >= 4 is 0 Å². The summed E-state index contributed by atoms with van der Waals surface area (Å²) in [6.07, 6.45) is 4.72. The van der Waals surface area contributed by atoms with Crippen LogP contribution < -0.4 is 5.73 Å². The quantitative estimate of drug-likeness (QED) is 0.862. The standard InChI is InChI=1S/C12H19N5/c1-5-10-9(7-16(3)15-10)12(13)11-6-14-8(2)17(11)4/h6-7,12H,5,13H2,1-4H3. The van der Waals surface area contributed by atoms with Crippen molar-refractivity contribution < 1.29 is 0 Å². The summed E-state index contributed by atoms with van der Waals surface area (Å²) in [5.41, 5.74) is 9.46. The van der Waals surface area contributed by atoms with Crippen LogP contribution >= 0.6 is 0 Å². The number of aromatic nitrogens is 4. The molecule has 92 valence electrons. The molecule has 0 amide bonds. The highest BCUT2D eigenvalue weighted by atomic mass is 15.3. The summed E-state index contributed by atoms with van der Waals surface area (Å²) < 4.78 is 3.84. The zero-order chi connectivity index (χ0) is 12.6. The van der Waals surface area contributed by atoms with Gasteiger partial charge in [0.2, 0.25) is 0 Å². The number of aryl methyl sites for hydroxylation is 3. The fourth-order valence-electron chi connectivity index (χ4n) is 2.06. The first-order valence-corrected chi connectivity index (χ1v) is 5.80. The molecule has 2 heterocycles. The van der Waals surface area contributed by atoms with Crippen LogP contribution in [-0.4, -0.2) is 19.3 Å². The monoisotopic (exact) mass is 233 g/mol. The molecule has 2 rings (SSSR count). The van der Waals surface area contributed by atoms with E-state index < -0.39 is 0 Å². The van der Waals surface area contributed by atoms with Crippen LogP contribution in [0.4, 0.5) is 0 Å². The van der Waals surface area contributed by atoms with Gasteiger partial charge in [-0.3, -0.25) is 4.68 Å². The molecule has 2 aromatic rings. The predicted octanol–water partition coefficient (Wildman–Crippen LogP) is 1.07. The van der Waals surface area contributed by atoms with Crippen molar-refractivity contribution in [3.8, 4) is 0 Å². The first-order valence-electron chi connectivity index (χ1n) is 5.80. The normalized spacial score (nSPS) is 13.0. The van der Waals surface area contributed by atoms with Gasteiger partial charge in [0.05, 0.1) is 23.6 Å². The average molecular weight is 233 g/mol. The molecular weight excluding hydrogens is 214 g/mol. The Kier molecular flexibility index (Phi) is 3.02. The average Bonchev–Trinajstić information content (AvgIpc) is 2.83. The van der Waals surface area contributed by atoms with E-state index in [0.717, 1.165) is 29.2 Å². The van der Waals surface area contributed by atoms with Gasteiger partial charge in [-0.2, -0.15) is 5.10 Å². The van der Waals surface area contributed by atoms with Gasteiger partial charge >= 0.3 is 0 Å². The van der Waals surface area contributed by atoms with Gasteiger partial charge in [0, 0.05) is 25.9 Å². The van der Waals surface area contributed by atoms with Crippen LogP contribution in [0.25, 0.3) is 0 Å². The molecular formula is C12H19N5. The van der Waals surface area contributed by atoms with Crippen LogP contribution in [0.5, 0.6) is 0 Å². The van der Waals surface area contributed by atoms with Crippen molar-refractivity contribution in [2.75, 3.05) is 0 Å². The zero-order valence-corrected chi connectivity index (χ0v) is 10.8. The molecule has 0 aromatic carbocycles. The Labute approximate surface area is 101 Å². The second-order valence-corrected chi connectivity index (χ2v) is 4.33. The van der Waals surface area contributed by atoms with Crippen molar-refractivity contribution in [3.05, 3.63) is 35.2 Å². The molecule has 1 unspecified atom stereocenters. The first-order chi connectivity index (χ1) is 8.04. The lowest BCUT2D eigenvalue weighted by atomic mass is 10.0. The van der Waals surface area contributed by atoms with E-state index in [1.807, 2.05) is 42.7 Å². The molecule has 0 radical (unpaired) electrons. The van der Waals surface area contributed by atoms with E-state index in [4.69, 9.17) is 5.73 Å². The third-order valence-corrected chi connectivity index (χ3v) is 3.18. The van der Waals surface area contributed by atoms with Gasteiger partial charge in [0.1, 0.15) is 5.82 Å². The molecule has 2 N–H and O–H groups in total. The minimum absolute atomic E-state index is 0.162. The summed E-state index contributed by atoms with van der Waals surface area (Å²) in [4.78, 5) is 4.28. The van der Waals surface area contributed by atoms with Crippen molar-refractivity contribution in [1.29, 1.82) is 0 Å². The van der Waals surface area contributed by atoms with Crippen LogP contribution in [0.15, 0.2) is 12.4 Å². The van der Waals surface area contributed by atoms with E-state index in [1.54, 1.807) is 0 Å². The highest BCUT2D eigenvalue weighted by Crippen LogP contribution is 2.22. The van der Waals surface area contributed by atoms with E-state index >= 15 is 0 Å². The largest absolute Gasteiger partial charge is 0.334 e. The Morgan fingerprint density at radius 3 is 2.65 bits per heavy atom. The predicted molar refractivity (Wildman–Crippen MR) is 66.6 cm³/mol. The van der Waals surface area contributed by atoms with Gasteiger partial charge in [0.25, 0.3) is 0 Å². The highest BCUT2D eigenvalue weighted by molar-refractivity contribution is 5.29. The van der Waals surface area contributed by atoms with Gasteiger partial charge in [0.15, 0.2) is 0 Å². The molecule has 0 spiro atoms. The van der Waals surface area contributed by atoms with Crippen molar-refractivity contribution in [3.63, 3.8) is 0 Å². The Morgan fingerprint density at radius 2 is 2.12 bits per heavy atom. The molecule has 0 aliphatic carbocycles. The molecule has 0 saturated heterocycles. The lowest BCUT2D eigenvalue weighted by molar-refractivity contribution is 0.723. The number of hydrogen-bond donors (Lipinski definition) is 1. The summed E-state index contributed by atoms with van der Waals surface area (Å²) in [6.45, 7) is 4.06. The molecule has 17 heavy (non-hydrogen) atoms. The summed E-state index contributed by atoms with van der Waals surface area (Å²) >= 11 is 0. The Balaban J connectivity index is 2.43. The fraction of sp³-hybridized carbons (Fsp3) is 0.500. The number of rotatable bonds is 3. The molecule has 5 nitrogen and oxygen atoms in total. The summed E-state index contributed by atoms with van der Waals surface area (Å²) in [6, 6.07) is -0.162. The van der Waals surface area contributed by atoms with Crippen LogP contribution in [0.1, 0.15) is 35.7 Å². The fourth-order valence-corrected chi connectivity index (χ4v) is 2.06. The van der Waals surface area contributed by atoms with Crippen LogP contribution in [0.2, 0.25) is 0 Å². The lowest BCUT2D eigenvalue weighted by Crippen LogP contribution is -2.16. The van der Waals surface area contributed by atoms with Crippen LogP contribution in [0.3, 0.4) is 0 Å². The van der Waals surface area contributed by atoms with E-state index in [-0.39, 0.29) is 6.04 Å². The Morgan fingerprint density at radius 1 is 1.41 bits per heavy atom. The van der Waals surface area contributed by atoms with E-state index in [0.29, 0.717) is 0 Å². The zero-order valence-electron chi connectivity index (χ0n) is 10.8. The molecule has 2 aromatic heterocycles. The van der Waals surface area contributed by atoms with Crippen LogP contribution in [-0.2, 0) is 20.5 Å². The van der Waals surface area contributed by atoms with E-state index in [2.05, 4.69) is 17.0 Å². The molecule has 0 bridgehead atoms. The minimum atomic E-state index is -0.162. The lowest BCUT2D eigenvalue weighted by Gasteiger charge is -2.12. The highest BCUT2D eigenvalue weighted by Gasteiger charge is 2.19. The van der Waals surface area contributed by atoms with Crippen molar-refractivity contribution in [2.24, 2.45) is 19.8 Å². The summed E-state index contributed by atoms with van der Waals surface area (Å²) in [5.74, 6) is 0.970. The third-order valence-electron chi connectivity index (χ3n) is 3.18. The maximum Gasteiger partial charge on any atom is 0.105 e. The van der Waals surface area contributed by atoms with E-state index in [9.17, 15) is 0 Å². The first kappa shape index (κ1) is 11.9. The maximum atomic E-state index is 6.31. The van der Waals surface area contributed by atoms with Gasteiger partial charge in [-0.25, -0.2) is 4.98 Å². The number of nitrogens with zero attached hydrogens (tertiary/aromatic N) is 4. The van der Waals surface area contributed by atoms with Gasteiger partial charge in [-0.05, 0) is 13.3 Å². The number of nitrogens with two attached hydrogens (primary N) is 1. The SMILES string of the molecule is CCc1nn(C)cc1C(N)c1cnc(C)n1C. The minimum Gasteiger partial charge on any atom is -0.334 e. The second kappa shape index (κ2) is 4.33. The Bertz CT molecular complexity index is 523. The molecule has 0 fully saturated rings. The van der Waals surface area contributed by atoms with Crippen molar-refractivity contribution in [2.45, 2.75) is 26.3 Å². The van der Waals surface area contributed by atoms with Gasteiger partial charge in [-0.15, -0.1) is 0 Å². The molecule has 1 atom stereocenters. The van der Waals surface area contributed by atoms with E-state index in [1.165, 1.54) is 0 Å². The number of imidazole rings is 1. The van der Waals surface area contributed by atoms with Crippen LogP contribution in [0, 0.1) is 6.92 Å². The topological polar surface area (TPSA) is 61.7 Å². The van der Waals surface area contributed by atoms with Crippen molar-refractivity contribution in [1.82, 2.24) is 19.3 Å². The molecule has 5 heteroatoms.